The van der Waals surface area contributed by atoms with Gasteiger partial charge in [0.25, 0.3) is 0 Å². The molecule has 11 heteroatoms. The second-order valence-electron chi connectivity index (χ2n) is 9.81. The predicted molar refractivity (Wildman–Crippen MR) is 157 cm³/mol. The number of hydrogen-bond donors (Lipinski definition) is 4. The van der Waals surface area contributed by atoms with Crippen LogP contribution < -0.4 is 21.3 Å². The maximum absolute atomic E-state index is 13.2. The van der Waals surface area contributed by atoms with Gasteiger partial charge < -0.3 is 21.3 Å². The van der Waals surface area contributed by atoms with Gasteiger partial charge in [0.2, 0.25) is 17.8 Å². The SMILES string of the molecule is CC(=O)Nc1ccc(CNc2nc(N[C@H](CC(C)C)C(=O)NCc3ccc(Cl)cc3)cc(-n3ccnc3)n2)cc1. The van der Waals surface area contributed by atoms with Gasteiger partial charge in [-0.3, -0.25) is 14.2 Å². The Morgan fingerprint density at radius 1 is 0.975 bits per heavy atom. The lowest BCUT2D eigenvalue weighted by Gasteiger charge is -2.21. The fraction of sp³-hybridized carbons (Fsp3) is 0.276. The van der Waals surface area contributed by atoms with Crippen LogP contribution in [0.1, 0.15) is 38.3 Å². The maximum atomic E-state index is 13.2. The summed E-state index contributed by atoms with van der Waals surface area (Å²) in [4.78, 5) is 37.9. The zero-order valence-electron chi connectivity index (χ0n) is 22.7. The molecule has 0 aliphatic heterocycles. The van der Waals surface area contributed by atoms with E-state index >= 15 is 0 Å². The van der Waals surface area contributed by atoms with E-state index in [9.17, 15) is 9.59 Å². The zero-order valence-corrected chi connectivity index (χ0v) is 23.4. The molecule has 0 fully saturated rings. The van der Waals surface area contributed by atoms with Crippen molar-refractivity contribution in [2.45, 2.75) is 46.3 Å². The van der Waals surface area contributed by atoms with Gasteiger partial charge in [-0.15, -0.1) is 0 Å². The number of hydrogen-bond acceptors (Lipinski definition) is 7. The van der Waals surface area contributed by atoms with Gasteiger partial charge in [-0.25, -0.2) is 4.98 Å². The normalized spacial score (nSPS) is 11.6. The van der Waals surface area contributed by atoms with Crippen LogP contribution in [0.3, 0.4) is 0 Å². The van der Waals surface area contributed by atoms with E-state index in [2.05, 4.69) is 50.1 Å². The van der Waals surface area contributed by atoms with E-state index in [-0.39, 0.29) is 17.7 Å². The van der Waals surface area contributed by atoms with Crippen LogP contribution >= 0.6 is 11.6 Å². The highest BCUT2D eigenvalue weighted by Crippen LogP contribution is 2.19. The van der Waals surface area contributed by atoms with Gasteiger partial charge in [-0.1, -0.05) is 49.7 Å². The molecule has 0 unspecified atom stereocenters. The molecule has 2 aromatic heterocycles. The molecule has 1 atom stereocenters. The quantitative estimate of drug-likeness (QED) is 0.191. The Kier molecular flexibility index (Phi) is 9.69. The van der Waals surface area contributed by atoms with E-state index in [1.54, 1.807) is 41.5 Å². The first-order chi connectivity index (χ1) is 19.2. The van der Waals surface area contributed by atoms with Gasteiger partial charge in [-0.2, -0.15) is 9.97 Å². The summed E-state index contributed by atoms with van der Waals surface area (Å²) >= 11 is 5.98. The van der Waals surface area contributed by atoms with Gasteiger partial charge in [0, 0.05) is 49.2 Å². The molecule has 2 amide bonds. The van der Waals surface area contributed by atoms with Gasteiger partial charge in [-0.05, 0) is 47.7 Å². The number of benzene rings is 2. The van der Waals surface area contributed by atoms with E-state index < -0.39 is 6.04 Å². The Bertz CT molecular complexity index is 1410. The fourth-order valence-electron chi connectivity index (χ4n) is 4.00. The van der Waals surface area contributed by atoms with Crippen LogP contribution in [0.4, 0.5) is 17.5 Å². The van der Waals surface area contributed by atoms with Gasteiger partial charge in [0.05, 0.1) is 0 Å². The molecule has 10 nitrogen and oxygen atoms in total. The first kappa shape index (κ1) is 28.6. The molecule has 0 aliphatic carbocycles. The van der Waals surface area contributed by atoms with Crippen molar-refractivity contribution in [1.29, 1.82) is 0 Å². The van der Waals surface area contributed by atoms with Crippen LogP contribution in [0.15, 0.2) is 73.3 Å². The monoisotopic (exact) mass is 560 g/mol. The predicted octanol–water partition coefficient (Wildman–Crippen LogP) is 5.03. The van der Waals surface area contributed by atoms with Crippen molar-refractivity contribution in [3.05, 3.63) is 89.5 Å². The Balaban J connectivity index is 1.50. The molecule has 2 aromatic carbocycles. The molecule has 208 valence electrons. The summed E-state index contributed by atoms with van der Waals surface area (Å²) in [6.07, 6.45) is 5.73. The summed E-state index contributed by atoms with van der Waals surface area (Å²) in [5.74, 6) is 1.53. The Hall–Kier alpha value is -4.44. The lowest BCUT2D eigenvalue weighted by Crippen LogP contribution is -2.40. The number of nitrogens with zero attached hydrogens (tertiary/aromatic N) is 4. The van der Waals surface area contributed by atoms with Crippen molar-refractivity contribution in [1.82, 2.24) is 24.8 Å². The standard InChI is InChI=1S/C29H33ClN8O2/c1-19(2)14-25(28(40)32-16-21-4-8-23(30)9-5-21)35-26-15-27(38-13-12-31-18-38)37-29(36-26)33-17-22-6-10-24(11-7-22)34-20(3)39/h4-13,15,18-19,25H,14,16-17H2,1-3H3,(H,32,40)(H,34,39)(H2,33,35,36,37)/t25-/m1/s1. The third kappa shape index (κ3) is 8.54. The maximum Gasteiger partial charge on any atom is 0.242 e. The Labute approximate surface area is 238 Å². The molecule has 40 heavy (non-hydrogen) atoms. The number of anilines is 3. The molecule has 0 spiro atoms. The first-order valence-electron chi connectivity index (χ1n) is 13.0. The second-order valence-corrected chi connectivity index (χ2v) is 10.2. The lowest BCUT2D eigenvalue weighted by molar-refractivity contribution is -0.122. The van der Waals surface area contributed by atoms with Crippen molar-refractivity contribution in [2.75, 3.05) is 16.0 Å². The summed E-state index contributed by atoms with van der Waals surface area (Å²) in [7, 11) is 0. The summed E-state index contributed by atoms with van der Waals surface area (Å²) in [6, 6.07) is 16.2. The fourth-order valence-corrected chi connectivity index (χ4v) is 4.13. The molecule has 0 bridgehead atoms. The average Bonchev–Trinajstić information content (AvgIpc) is 3.47. The molecule has 0 saturated carbocycles. The average molecular weight is 561 g/mol. The highest BCUT2D eigenvalue weighted by molar-refractivity contribution is 6.30. The number of halogens is 1. The van der Waals surface area contributed by atoms with Gasteiger partial charge >= 0.3 is 0 Å². The third-order valence-corrected chi connectivity index (χ3v) is 6.18. The van der Waals surface area contributed by atoms with Crippen molar-refractivity contribution in [3.8, 4) is 5.82 Å². The second kappa shape index (κ2) is 13.6. The van der Waals surface area contributed by atoms with Crippen LogP contribution in [0.2, 0.25) is 5.02 Å². The minimum Gasteiger partial charge on any atom is -0.358 e. The third-order valence-electron chi connectivity index (χ3n) is 5.93. The summed E-state index contributed by atoms with van der Waals surface area (Å²) in [5, 5.41) is 13.0. The molecule has 0 aliphatic rings. The van der Waals surface area contributed by atoms with Crippen LogP contribution in [-0.2, 0) is 22.7 Å². The summed E-state index contributed by atoms with van der Waals surface area (Å²) in [6.45, 7) is 6.47. The van der Waals surface area contributed by atoms with E-state index in [1.165, 1.54) is 6.92 Å². The number of aromatic nitrogens is 4. The van der Waals surface area contributed by atoms with E-state index in [0.29, 0.717) is 42.1 Å². The number of nitrogens with one attached hydrogen (secondary N) is 4. The largest absolute Gasteiger partial charge is 0.358 e. The molecule has 4 rings (SSSR count). The molecular formula is C29H33ClN8O2. The lowest BCUT2D eigenvalue weighted by atomic mass is 10.0. The molecule has 0 saturated heterocycles. The van der Waals surface area contributed by atoms with Gasteiger partial charge in [0.1, 0.15) is 24.0 Å². The first-order valence-corrected chi connectivity index (χ1v) is 13.4. The number of rotatable bonds is 12. The molecular weight excluding hydrogens is 528 g/mol. The highest BCUT2D eigenvalue weighted by atomic mass is 35.5. The Morgan fingerprint density at radius 3 is 2.33 bits per heavy atom. The Morgan fingerprint density at radius 2 is 1.68 bits per heavy atom. The molecule has 4 aromatic rings. The topological polar surface area (TPSA) is 126 Å². The summed E-state index contributed by atoms with van der Waals surface area (Å²) < 4.78 is 1.78. The van der Waals surface area contributed by atoms with E-state index in [4.69, 9.17) is 11.6 Å². The molecule has 2 heterocycles. The van der Waals surface area contributed by atoms with Gasteiger partial charge in [0.15, 0.2) is 0 Å². The molecule has 4 N–H and O–H groups in total. The number of carbonyl (C=O) groups is 2. The van der Waals surface area contributed by atoms with Crippen molar-refractivity contribution < 1.29 is 9.59 Å². The van der Waals surface area contributed by atoms with Crippen molar-refractivity contribution >= 4 is 40.9 Å². The highest BCUT2D eigenvalue weighted by Gasteiger charge is 2.21. The van der Waals surface area contributed by atoms with Crippen LogP contribution in [0, 0.1) is 5.92 Å². The number of amides is 2. The van der Waals surface area contributed by atoms with Crippen LogP contribution in [-0.4, -0.2) is 37.4 Å². The van der Waals surface area contributed by atoms with Crippen LogP contribution in [0.5, 0.6) is 0 Å². The smallest absolute Gasteiger partial charge is 0.242 e. The number of imidazole rings is 1. The minimum absolute atomic E-state index is 0.120. The van der Waals surface area contributed by atoms with Crippen LogP contribution in [0.25, 0.3) is 5.82 Å². The zero-order chi connectivity index (χ0) is 28.5. The summed E-state index contributed by atoms with van der Waals surface area (Å²) in [5.41, 5.74) is 2.67. The van der Waals surface area contributed by atoms with E-state index in [1.807, 2.05) is 36.4 Å². The van der Waals surface area contributed by atoms with Crippen molar-refractivity contribution in [3.63, 3.8) is 0 Å². The number of carbonyl (C=O) groups excluding carboxylic acids is 2. The van der Waals surface area contributed by atoms with Crippen molar-refractivity contribution in [2.24, 2.45) is 5.92 Å². The minimum atomic E-state index is -0.507. The van der Waals surface area contributed by atoms with E-state index in [0.717, 1.165) is 16.8 Å². The molecule has 0 radical (unpaired) electrons.